The molecular weight excluding hydrogens is 390 g/mol. The Bertz CT molecular complexity index is 940. The predicted molar refractivity (Wildman–Crippen MR) is 116 cm³/mol. The van der Waals surface area contributed by atoms with Gasteiger partial charge in [0.15, 0.2) is 5.83 Å². The number of amides is 1. The fourth-order valence-electron chi connectivity index (χ4n) is 2.93. The van der Waals surface area contributed by atoms with Crippen LogP contribution < -0.4 is 20.1 Å². The highest BCUT2D eigenvalue weighted by Crippen LogP contribution is 2.39. The summed E-state index contributed by atoms with van der Waals surface area (Å²) in [7, 11) is 2.86. The van der Waals surface area contributed by atoms with Crippen molar-refractivity contribution >= 4 is 17.7 Å². The number of methoxy groups -OCH3 is 2. The van der Waals surface area contributed by atoms with E-state index in [0.717, 1.165) is 6.08 Å². The Morgan fingerprint density at radius 3 is 2.17 bits per heavy atom. The Kier molecular flexibility index (Phi) is 7.80. The number of ether oxygens (including phenoxy) is 2. The highest BCUT2D eigenvalue weighted by atomic mass is 19.1. The number of benzene rings is 2. The number of halogens is 2. The van der Waals surface area contributed by atoms with Gasteiger partial charge in [0.05, 0.1) is 14.2 Å². The van der Waals surface area contributed by atoms with Crippen molar-refractivity contribution in [1.29, 1.82) is 0 Å². The maximum absolute atomic E-state index is 14.8. The summed E-state index contributed by atoms with van der Waals surface area (Å²) in [6.45, 7) is 7.40. The van der Waals surface area contributed by atoms with E-state index in [9.17, 15) is 13.6 Å². The van der Waals surface area contributed by atoms with Crippen molar-refractivity contribution in [2.45, 2.75) is 39.8 Å². The molecule has 0 aliphatic rings. The second kappa shape index (κ2) is 10.1. The van der Waals surface area contributed by atoms with Gasteiger partial charge in [0.25, 0.3) is 5.91 Å². The van der Waals surface area contributed by atoms with E-state index in [1.807, 2.05) is 13.8 Å². The lowest BCUT2D eigenvalue weighted by Crippen LogP contribution is -2.30. The molecular formula is C23H28F2N2O3. The minimum atomic E-state index is -0.966. The number of carbonyl (C=O) groups is 1. The van der Waals surface area contributed by atoms with E-state index >= 15 is 0 Å². The van der Waals surface area contributed by atoms with Gasteiger partial charge in [-0.3, -0.25) is 4.79 Å². The Morgan fingerprint density at radius 1 is 0.967 bits per heavy atom. The lowest BCUT2D eigenvalue weighted by Gasteiger charge is -2.16. The van der Waals surface area contributed by atoms with E-state index in [1.54, 1.807) is 32.0 Å². The lowest BCUT2D eigenvalue weighted by molar-refractivity contribution is -0.119. The Labute approximate surface area is 176 Å². The Morgan fingerprint density at radius 2 is 1.63 bits per heavy atom. The van der Waals surface area contributed by atoms with Crippen molar-refractivity contribution in [3.63, 3.8) is 0 Å². The van der Waals surface area contributed by atoms with Gasteiger partial charge in [0.1, 0.15) is 17.3 Å². The van der Waals surface area contributed by atoms with E-state index in [-0.39, 0.29) is 17.8 Å². The molecule has 0 saturated carbocycles. The van der Waals surface area contributed by atoms with Crippen molar-refractivity contribution < 1.29 is 23.0 Å². The van der Waals surface area contributed by atoms with Crippen LogP contribution in [0, 0.1) is 5.82 Å². The summed E-state index contributed by atoms with van der Waals surface area (Å²) >= 11 is 0. The van der Waals surface area contributed by atoms with Crippen LogP contribution in [0.2, 0.25) is 0 Å². The third-order valence-corrected chi connectivity index (χ3v) is 4.19. The van der Waals surface area contributed by atoms with E-state index < -0.39 is 17.6 Å². The first-order valence-electron chi connectivity index (χ1n) is 9.66. The number of carbonyl (C=O) groups excluding carboxylic acids is 1. The van der Waals surface area contributed by atoms with Gasteiger partial charge in [-0.25, -0.2) is 8.78 Å². The second-order valence-electron chi connectivity index (χ2n) is 7.41. The molecule has 7 heteroatoms. The average Bonchev–Trinajstić information content (AvgIpc) is 2.67. The topological polar surface area (TPSA) is 59.6 Å². The number of nitrogens with one attached hydrogen (secondary N) is 2. The molecule has 0 aliphatic heterocycles. The molecule has 162 valence electrons. The maximum Gasteiger partial charge on any atom is 0.280 e. The lowest BCUT2D eigenvalue weighted by atomic mass is 10.00. The minimum absolute atomic E-state index is 0.166. The molecule has 0 aromatic heterocycles. The fraction of sp³-hybridized carbons (Fsp3) is 0.348. The number of rotatable bonds is 8. The molecule has 5 nitrogen and oxygen atoms in total. The van der Waals surface area contributed by atoms with Gasteiger partial charge < -0.3 is 20.1 Å². The van der Waals surface area contributed by atoms with Crippen molar-refractivity contribution in [3.05, 3.63) is 47.5 Å². The summed E-state index contributed by atoms with van der Waals surface area (Å²) in [6, 6.07) is 7.86. The van der Waals surface area contributed by atoms with Gasteiger partial charge in [-0.1, -0.05) is 0 Å². The largest absolute Gasteiger partial charge is 0.496 e. The van der Waals surface area contributed by atoms with Gasteiger partial charge in [-0.05, 0) is 64.1 Å². The van der Waals surface area contributed by atoms with Crippen LogP contribution in [0.4, 0.5) is 14.5 Å². The van der Waals surface area contributed by atoms with E-state index in [0.29, 0.717) is 28.1 Å². The van der Waals surface area contributed by atoms with Crippen LogP contribution in [-0.4, -0.2) is 32.2 Å². The molecule has 0 bridgehead atoms. The fourth-order valence-corrected chi connectivity index (χ4v) is 2.93. The minimum Gasteiger partial charge on any atom is -0.496 e. The van der Waals surface area contributed by atoms with Crippen LogP contribution in [0.25, 0.3) is 17.2 Å². The first kappa shape index (κ1) is 23.2. The summed E-state index contributed by atoms with van der Waals surface area (Å²) in [5, 5.41) is 5.63. The molecule has 2 N–H and O–H groups in total. The summed E-state index contributed by atoms with van der Waals surface area (Å²) in [5.74, 6) is -1.63. The van der Waals surface area contributed by atoms with E-state index in [4.69, 9.17) is 9.47 Å². The third-order valence-electron chi connectivity index (χ3n) is 4.19. The molecule has 0 atom stereocenters. The molecule has 2 rings (SSSR count). The van der Waals surface area contributed by atoms with E-state index in [2.05, 4.69) is 10.6 Å². The van der Waals surface area contributed by atoms with Gasteiger partial charge in [0, 0.05) is 34.5 Å². The number of hydrogen-bond donors (Lipinski definition) is 2. The average molecular weight is 418 g/mol. The maximum atomic E-state index is 14.8. The van der Waals surface area contributed by atoms with Crippen molar-refractivity contribution in [1.82, 2.24) is 5.32 Å². The highest BCUT2D eigenvalue weighted by molar-refractivity contribution is 5.96. The second-order valence-corrected chi connectivity index (χ2v) is 7.41. The van der Waals surface area contributed by atoms with Crippen LogP contribution >= 0.6 is 0 Å². The smallest absolute Gasteiger partial charge is 0.280 e. The molecule has 0 fully saturated rings. The SMILES string of the molecule is COc1cc(-c2ccc(NC(C)C)cc2F)c(OC)cc1/C=C(/F)C(=O)NC(C)C. The molecule has 0 saturated heterocycles. The van der Waals surface area contributed by atoms with Gasteiger partial charge in [0.2, 0.25) is 0 Å². The number of anilines is 1. The molecule has 0 aliphatic carbocycles. The molecule has 0 radical (unpaired) electrons. The summed E-state index contributed by atoms with van der Waals surface area (Å²) in [6.07, 6.45) is 1.06. The molecule has 30 heavy (non-hydrogen) atoms. The summed E-state index contributed by atoms with van der Waals surface area (Å²) in [5.41, 5.74) is 1.73. The summed E-state index contributed by atoms with van der Waals surface area (Å²) in [4.78, 5) is 11.9. The third kappa shape index (κ3) is 5.72. The molecule has 0 unspecified atom stereocenters. The zero-order valence-electron chi connectivity index (χ0n) is 18.1. The zero-order valence-corrected chi connectivity index (χ0v) is 18.1. The van der Waals surface area contributed by atoms with Crippen LogP contribution in [-0.2, 0) is 4.79 Å². The number of hydrogen-bond acceptors (Lipinski definition) is 4. The molecule has 2 aromatic carbocycles. The standard InChI is InChI=1S/C23H28F2N2O3/c1-13(2)26-16-7-8-17(19(24)11-16)18-12-21(29-5)15(10-22(18)30-6)9-20(25)23(28)27-14(3)4/h7-14,26H,1-6H3,(H,27,28)/b20-9+. The summed E-state index contributed by atoms with van der Waals surface area (Å²) < 4.78 is 39.9. The molecule has 2 aromatic rings. The van der Waals surface area contributed by atoms with Crippen LogP contribution in [0.15, 0.2) is 36.2 Å². The molecule has 0 heterocycles. The monoisotopic (exact) mass is 418 g/mol. The van der Waals surface area contributed by atoms with Crippen molar-refractivity contribution in [2.24, 2.45) is 0 Å². The normalized spacial score (nSPS) is 11.6. The Hall–Kier alpha value is -3.09. The first-order valence-corrected chi connectivity index (χ1v) is 9.66. The molecule has 0 spiro atoms. The first-order chi connectivity index (χ1) is 14.2. The van der Waals surface area contributed by atoms with Crippen LogP contribution in [0.5, 0.6) is 11.5 Å². The highest BCUT2D eigenvalue weighted by Gasteiger charge is 2.17. The van der Waals surface area contributed by atoms with Gasteiger partial charge in [-0.15, -0.1) is 0 Å². The van der Waals surface area contributed by atoms with Gasteiger partial charge >= 0.3 is 0 Å². The van der Waals surface area contributed by atoms with Gasteiger partial charge in [-0.2, -0.15) is 0 Å². The zero-order chi connectivity index (χ0) is 22.4. The quantitative estimate of drug-likeness (QED) is 0.581. The molecule has 1 amide bonds. The van der Waals surface area contributed by atoms with E-state index in [1.165, 1.54) is 26.4 Å². The van der Waals surface area contributed by atoms with Crippen molar-refractivity contribution in [2.75, 3.05) is 19.5 Å². The predicted octanol–water partition coefficient (Wildman–Crippen LogP) is 5.17. The Balaban J connectivity index is 2.50. The van der Waals surface area contributed by atoms with Crippen LogP contribution in [0.1, 0.15) is 33.3 Å². The van der Waals surface area contributed by atoms with Crippen molar-refractivity contribution in [3.8, 4) is 22.6 Å². The van der Waals surface area contributed by atoms with Crippen LogP contribution in [0.3, 0.4) is 0 Å².